The smallest absolute Gasteiger partial charge is 0.257 e. The summed E-state index contributed by atoms with van der Waals surface area (Å²) in [6.07, 6.45) is 0. The fourth-order valence-electron chi connectivity index (χ4n) is 1.49. The second kappa shape index (κ2) is 2.52. The van der Waals surface area contributed by atoms with Gasteiger partial charge >= 0.3 is 0 Å². The Balaban J connectivity index is 2.79. The number of nitrogens with one attached hydrogen (secondary N) is 2. The maximum absolute atomic E-state index is 11.4. The van der Waals surface area contributed by atoms with Crippen LogP contribution in [-0.4, -0.2) is 9.97 Å². The van der Waals surface area contributed by atoms with E-state index in [1.807, 2.05) is 13.8 Å². The number of fused-ring (bicyclic) bond motifs is 1. The standard InChI is InChI=1S/C8H10N2O2S/c1-8(2)5-4(3-12-8)6(11)10-7(13)9-5/h3H2,1-2H3,(H2,9,10,11,13). The number of aromatic nitrogens is 2. The monoisotopic (exact) mass is 198 g/mol. The molecule has 1 aromatic rings. The van der Waals surface area contributed by atoms with Crippen LogP contribution in [0, 0.1) is 4.77 Å². The fourth-order valence-corrected chi connectivity index (χ4v) is 1.68. The van der Waals surface area contributed by atoms with Crippen LogP contribution >= 0.6 is 12.2 Å². The number of ether oxygens (including phenoxy) is 1. The van der Waals surface area contributed by atoms with Crippen LogP contribution in [0.5, 0.6) is 0 Å². The molecule has 0 fully saturated rings. The Bertz CT molecular complexity index is 458. The van der Waals surface area contributed by atoms with Gasteiger partial charge in [-0.2, -0.15) is 0 Å². The van der Waals surface area contributed by atoms with Gasteiger partial charge in [0.15, 0.2) is 4.77 Å². The second-order valence-electron chi connectivity index (χ2n) is 3.56. The molecule has 1 aromatic heterocycles. The van der Waals surface area contributed by atoms with Gasteiger partial charge in [-0.25, -0.2) is 0 Å². The van der Waals surface area contributed by atoms with E-state index >= 15 is 0 Å². The van der Waals surface area contributed by atoms with Crippen LogP contribution in [0.15, 0.2) is 4.79 Å². The van der Waals surface area contributed by atoms with Crippen LogP contribution in [0.3, 0.4) is 0 Å². The SMILES string of the molecule is CC1(C)OCc2c1[nH]c(=S)[nH]c2=O. The first-order valence-electron chi connectivity index (χ1n) is 4.00. The molecule has 4 nitrogen and oxygen atoms in total. The normalized spacial score (nSPS) is 18.6. The summed E-state index contributed by atoms with van der Waals surface area (Å²) in [4.78, 5) is 16.9. The lowest BCUT2D eigenvalue weighted by Gasteiger charge is -2.17. The molecule has 1 aliphatic heterocycles. The van der Waals surface area contributed by atoms with Gasteiger partial charge in [0.2, 0.25) is 0 Å². The van der Waals surface area contributed by atoms with E-state index in [-0.39, 0.29) is 5.56 Å². The van der Waals surface area contributed by atoms with Crippen LogP contribution < -0.4 is 5.56 Å². The predicted molar refractivity (Wildman–Crippen MR) is 50.1 cm³/mol. The molecule has 13 heavy (non-hydrogen) atoms. The third-order valence-electron chi connectivity index (χ3n) is 2.22. The predicted octanol–water partition coefficient (Wildman–Crippen LogP) is 1.20. The number of rotatable bonds is 0. The van der Waals surface area contributed by atoms with Crippen molar-refractivity contribution >= 4 is 12.2 Å². The number of hydrogen-bond acceptors (Lipinski definition) is 3. The zero-order valence-electron chi connectivity index (χ0n) is 7.43. The molecule has 2 heterocycles. The highest BCUT2D eigenvalue weighted by Gasteiger charge is 2.33. The Labute approximate surface area is 80.0 Å². The molecule has 70 valence electrons. The third-order valence-corrected chi connectivity index (χ3v) is 2.42. The Morgan fingerprint density at radius 2 is 2.15 bits per heavy atom. The van der Waals surface area contributed by atoms with E-state index in [1.165, 1.54) is 0 Å². The van der Waals surface area contributed by atoms with Crippen molar-refractivity contribution in [2.75, 3.05) is 0 Å². The summed E-state index contributed by atoms with van der Waals surface area (Å²) < 4.78 is 5.80. The van der Waals surface area contributed by atoms with Crippen molar-refractivity contribution in [1.82, 2.24) is 9.97 Å². The quantitative estimate of drug-likeness (QED) is 0.616. The van der Waals surface area contributed by atoms with Gasteiger partial charge in [-0.3, -0.25) is 9.78 Å². The van der Waals surface area contributed by atoms with Gasteiger partial charge in [-0.15, -0.1) is 0 Å². The van der Waals surface area contributed by atoms with E-state index in [9.17, 15) is 4.79 Å². The number of aromatic amines is 2. The zero-order chi connectivity index (χ0) is 9.64. The van der Waals surface area contributed by atoms with Gasteiger partial charge in [-0.05, 0) is 26.1 Å². The van der Waals surface area contributed by atoms with Crippen molar-refractivity contribution in [3.05, 3.63) is 26.4 Å². The van der Waals surface area contributed by atoms with E-state index < -0.39 is 5.60 Å². The van der Waals surface area contributed by atoms with E-state index in [0.29, 0.717) is 16.9 Å². The molecular formula is C8H10N2O2S. The van der Waals surface area contributed by atoms with E-state index in [2.05, 4.69) is 9.97 Å². The average Bonchev–Trinajstić information content (AvgIpc) is 2.28. The first kappa shape index (κ1) is 8.65. The van der Waals surface area contributed by atoms with Crippen molar-refractivity contribution < 1.29 is 4.74 Å². The van der Waals surface area contributed by atoms with Gasteiger partial charge in [0.25, 0.3) is 5.56 Å². The Morgan fingerprint density at radius 1 is 1.46 bits per heavy atom. The second-order valence-corrected chi connectivity index (χ2v) is 3.97. The van der Waals surface area contributed by atoms with Crippen molar-refractivity contribution in [1.29, 1.82) is 0 Å². The van der Waals surface area contributed by atoms with Crippen LogP contribution in [-0.2, 0) is 16.9 Å². The van der Waals surface area contributed by atoms with Gasteiger partial charge in [0, 0.05) is 0 Å². The fraction of sp³-hybridized carbons (Fsp3) is 0.500. The highest BCUT2D eigenvalue weighted by Crippen LogP contribution is 2.31. The molecule has 0 aromatic carbocycles. The summed E-state index contributed by atoms with van der Waals surface area (Å²) in [5.41, 5.74) is 0.862. The molecule has 0 spiro atoms. The minimum absolute atomic E-state index is 0.149. The van der Waals surface area contributed by atoms with Crippen molar-refractivity contribution in [2.45, 2.75) is 26.1 Å². The summed E-state index contributed by atoms with van der Waals surface area (Å²) in [7, 11) is 0. The zero-order valence-corrected chi connectivity index (χ0v) is 8.25. The first-order valence-corrected chi connectivity index (χ1v) is 4.41. The van der Waals surface area contributed by atoms with Gasteiger partial charge in [-0.1, -0.05) is 0 Å². The molecule has 2 rings (SSSR count). The molecule has 0 bridgehead atoms. The third kappa shape index (κ3) is 1.24. The lowest BCUT2D eigenvalue weighted by atomic mass is 10.0. The molecule has 5 heteroatoms. The molecular weight excluding hydrogens is 188 g/mol. The highest BCUT2D eigenvalue weighted by molar-refractivity contribution is 7.71. The summed E-state index contributed by atoms with van der Waals surface area (Å²) in [6.45, 7) is 4.16. The number of hydrogen-bond donors (Lipinski definition) is 2. The van der Waals surface area contributed by atoms with Crippen molar-refractivity contribution in [3.8, 4) is 0 Å². The summed E-state index contributed by atoms with van der Waals surface area (Å²) >= 11 is 4.88. The minimum atomic E-state index is -0.433. The highest BCUT2D eigenvalue weighted by atomic mass is 32.1. The van der Waals surface area contributed by atoms with E-state index in [0.717, 1.165) is 5.69 Å². The van der Waals surface area contributed by atoms with Gasteiger partial charge < -0.3 is 9.72 Å². The van der Waals surface area contributed by atoms with Crippen molar-refractivity contribution in [3.63, 3.8) is 0 Å². The summed E-state index contributed by atoms with van der Waals surface area (Å²) in [5, 5.41) is 0. The molecule has 0 saturated heterocycles. The van der Waals surface area contributed by atoms with Crippen LogP contribution in [0.1, 0.15) is 25.1 Å². The van der Waals surface area contributed by atoms with Crippen LogP contribution in [0.2, 0.25) is 0 Å². The van der Waals surface area contributed by atoms with Gasteiger partial charge in [0.05, 0.1) is 17.9 Å². The molecule has 0 atom stereocenters. The van der Waals surface area contributed by atoms with Gasteiger partial charge in [0.1, 0.15) is 5.60 Å². The Kier molecular flexibility index (Phi) is 1.68. The first-order chi connectivity index (χ1) is 6.00. The molecule has 0 amide bonds. The molecule has 0 aliphatic carbocycles. The maximum atomic E-state index is 11.4. The molecule has 1 aliphatic rings. The topological polar surface area (TPSA) is 57.9 Å². The van der Waals surface area contributed by atoms with Crippen molar-refractivity contribution in [2.24, 2.45) is 0 Å². The lowest BCUT2D eigenvalue weighted by Crippen LogP contribution is -2.20. The largest absolute Gasteiger partial charge is 0.364 e. The van der Waals surface area contributed by atoms with Crippen LogP contribution in [0.25, 0.3) is 0 Å². The molecule has 0 unspecified atom stereocenters. The Hall–Kier alpha value is -0.940. The summed E-state index contributed by atoms with van der Waals surface area (Å²) in [5.74, 6) is 0. The number of H-pyrrole nitrogens is 2. The molecule has 0 saturated carbocycles. The molecule has 0 radical (unpaired) electrons. The molecule has 2 N–H and O–H groups in total. The van der Waals surface area contributed by atoms with Crippen LogP contribution in [0.4, 0.5) is 0 Å². The maximum Gasteiger partial charge on any atom is 0.257 e. The van der Waals surface area contributed by atoms with E-state index in [1.54, 1.807) is 0 Å². The Morgan fingerprint density at radius 3 is 2.85 bits per heavy atom. The summed E-state index contributed by atoms with van der Waals surface area (Å²) in [6, 6.07) is 0. The average molecular weight is 198 g/mol. The minimum Gasteiger partial charge on any atom is -0.364 e. The van der Waals surface area contributed by atoms with E-state index in [4.69, 9.17) is 17.0 Å². The lowest BCUT2D eigenvalue weighted by molar-refractivity contribution is -0.0102.